The maximum atomic E-state index is 14.4. The molecule has 1 spiro atoms. The zero-order chi connectivity index (χ0) is 33.0. The van der Waals surface area contributed by atoms with Crippen LogP contribution in [0.3, 0.4) is 0 Å². The van der Waals surface area contributed by atoms with Crippen LogP contribution in [0.15, 0.2) is 24.3 Å². The molecule has 5 fully saturated rings. The van der Waals surface area contributed by atoms with Crippen molar-refractivity contribution < 1.29 is 44.5 Å². The third-order valence-corrected chi connectivity index (χ3v) is 14.1. The highest BCUT2D eigenvalue weighted by Gasteiger charge is 2.79. The first-order valence-corrected chi connectivity index (χ1v) is 17.2. The number of fused-ring (bicyclic) bond motifs is 2. The van der Waals surface area contributed by atoms with Gasteiger partial charge in [-0.05, 0) is 93.5 Å². The summed E-state index contributed by atoms with van der Waals surface area (Å²) in [6.45, 7) is 14.4. The van der Waals surface area contributed by atoms with Gasteiger partial charge in [-0.2, -0.15) is 0 Å². The smallest absolute Gasteiger partial charge is 0.314 e. The van der Waals surface area contributed by atoms with Gasteiger partial charge in [-0.15, -0.1) is 0 Å². The van der Waals surface area contributed by atoms with Crippen LogP contribution in [0, 0.1) is 45.3 Å². The average molecular weight is 633 g/mol. The third kappa shape index (κ3) is 4.54. The minimum Gasteiger partial charge on any atom is -0.453 e. The number of carbonyl (C=O) groups excluding carboxylic acids is 1. The Balaban J connectivity index is 1.28. The number of hydrogen-bond donors (Lipinski definition) is 5. The minimum absolute atomic E-state index is 0.00952. The number of allylic oxidation sites excluding steroid dienone is 2. The Morgan fingerprint density at radius 3 is 2.40 bits per heavy atom. The van der Waals surface area contributed by atoms with E-state index in [9.17, 15) is 30.3 Å². The van der Waals surface area contributed by atoms with E-state index in [4.69, 9.17) is 14.2 Å². The second kappa shape index (κ2) is 10.8. The molecule has 2 saturated heterocycles. The van der Waals surface area contributed by atoms with Crippen LogP contribution in [0.2, 0.25) is 0 Å². The van der Waals surface area contributed by atoms with Crippen LogP contribution in [-0.2, 0) is 19.0 Å². The van der Waals surface area contributed by atoms with E-state index in [2.05, 4.69) is 39.0 Å². The molecule has 0 amide bonds. The zero-order valence-corrected chi connectivity index (χ0v) is 28.1. The number of ether oxygens (including phenoxy) is 3. The van der Waals surface area contributed by atoms with Crippen LogP contribution in [0.1, 0.15) is 93.4 Å². The molecule has 6 aliphatic rings. The molecule has 4 aliphatic carbocycles. The van der Waals surface area contributed by atoms with Gasteiger partial charge in [0.2, 0.25) is 0 Å². The van der Waals surface area contributed by atoms with Crippen LogP contribution in [0.4, 0.5) is 0 Å². The monoisotopic (exact) mass is 632 g/mol. The largest absolute Gasteiger partial charge is 0.453 e. The highest BCUT2D eigenvalue weighted by molar-refractivity contribution is 5.83. The van der Waals surface area contributed by atoms with E-state index in [1.807, 2.05) is 19.9 Å². The van der Waals surface area contributed by atoms with Crippen LogP contribution < -0.4 is 0 Å². The quantitative estimate of drug-likeness (QED) is 0.210. The fourth-order valence-electron chi connectivity index (χ4n) is 11.3. The first-order chi connectivity index (χ1) is 20.9. The van der Waals surface area contributed by atoms with Gasteiger partial charge >= 0.3 is 5.97 Å². The van der Waals surface area contributed by atoms with Crippen LogP contribution in [0.5, 0.6) is 0 Å². The Labute approximate surface area is 268 Å². The topological polar surface area (TPSA) is 146 Å². The summed E-state index contributed by atoms with van der Waals surface area (Å²) < 4.78 is 18.7. The second-order valence-corrected chi connectivity index (χ2v) is 17.0. The highest BCUT2D eigenvalue weighted by atomic mass is 16.7. The van der Waals surface area contributed by atoms with Gasteiger partial charge in [0.15, 0.2) is 6.29 Å². The van der Waals surface area contributed by atoms with Gasteiger partial charge in [0.05, 0.1) is 23.7 Å². The first-order valence-electron chi connectivity index (χ1n) is 17.2. The molecule has 9 nitrogen and oxygen atoms in total. The SMILES string of the molecule is C[C@H](C/C=C/C(C)(C)O)[C@H]1CC[C@@]2(C)[C@@H]3C=C[C@@]45OC(=O)[C@]3(CC[C@]12C)[C@@H]4CC[C@H](O[C@@H]1O[C@H](CO)[C@@H](O)[C@@H](O)[C@H]1O)C5(C)C. The summed E-state index contributed by atoms with van der Waals surface area (Å²) in [6, 6.07) is 0. The van der Waals surface area contributed by atoms with Gasteiger partial charge in [0.1, 0.15) is 30.0 Å². The molecule has 6 rings (SSSR count). The van der Waals surface area contributed by atoms with Crippen molar-refractivity contribution in [2.45, 2.75) is 141 Å². The van der Waals surface area contributed by atoms with Crippen molar-refractivity contribution in [1.82, 2.24) is 0 Å². The molecule has 254 valence electrons. The molecule has 14 atom stereocenters. The highest BCUT2D eigenvalue weighted by Crippen LogP contribution is 2.78. The molecule has 2 heterocycles. The molecule has 9 heteroatoms. The van der Waals surface area contributed by atoms with E-state index in [0.717, 1.165) is 32.1 Å². The summed E-state index contributed by atoms with van der Waals surface area (Å²) in [5, 5.41) is 51.2. The maximum absolute atomic E-state index is 14.4. The molecular formula is C36H56O9. The summed E-state index contributed by atoms with van der Waals surface area (Å²) in [6.07, 6.45) is 7.44. The van der Waals surface area contributed by atoms with E-state index < -0.39 is 65.4 Å². The fourth-order valence-corrected chi connectivity index (χ4v) is 11.3. The van der Waals surface area contributed by atoms with E-state index in [0.29, 0.717) is 24.7 Å². The Morgan fingerprint density at radius 2 is 1.73 bits per heavy atom. The van der Waals surface area contributed by atoms with Crippen LogP contribution in [-0.4, -0.2) is 86.1 Å². The maximum Gasteiger partial charge on any atom is 0.314 e. The number of rotatable bonds is 7. The van der Waals surface area contributed by atoms with Crippen molar-refractivity contribution >= 4 is 5.97 Å². The molecule has 0 radical (unpaired) electrons. The van der Waals surface area contributed by atoms with E-state index >= 15 is 0 Å². The molecular weight excluding hydrogens is 576 g/mol. The van der Waals surface area contributed by atoms with Crippen LogP contribution >= 0.6 is 0 Å². The van der Waals surface area contributed by atoms with Crippen molar-refractivity contribution in [3.8, 4) is 0 Å². The molecule has 5 N–H and O–H groups in total. The van der Waals surface area contributed by atoms with Crippen molar-refractivity contribution in [2.75, 3.05) is 6.61 Å². The molecule has 2 aliphatic heterocycles. The number of aliphatic hydroxyl groups excluding tert-OH is 4. The summed E-state index contributed by atoms with van der Waals surface area (Å²) >= 11 is 0. The predicted octanol–water partition coefficient (Wildman–Crippen LogP) is 3.65. The minimum atomic E-state index is -1.52. The van der Waals surface area contributed by atoms with Gasteiger partial charge < -0.3 is 39.7 Å². The molecule has 0 aromatic carbocycles. The summed E-state index contributed by atoms with van der Waals surface area (Å²) in [4.78, 5) is 14.4. The lowest BCUT2D eigenvalue weighted by atomic mass is 9.38. The number of carbonyl (C=O) groups is 1. The van der Waals surface area contributed by atoms with Gasteiger partial charge in [-0.25, -0.2) is 0 Å². The molecule has 0 aromatic heterocycles. The standard InChI is InChI=1S/C36H56O9/c1-20(9-8-14-31(2,3)42)21-12-15-34(7)23-13-16-36-24(35(23,30(41)45-36)18-17-33(21,34)6)10-11-25(32(36,4)5)44-29-28(40)27(39)26(38)22(19-37)43-29/h8,13-14,16,20-29,37-40,42H,9-12,15,17-19H2,1-7H3/b14-8+/t20-,21-,22-,23+,24+,25+,26-,27-,28-,29+,33-,34+,35+,36-/m1/s1. The molecule has 0 unspecified atom stereocenters. The molecule has 0 aromatic rings. The molecule has 2 bridgehead atoms. The lowest BCUT2D eigenvalue weighted by Gasteiger charge is -2.63. The van der Waals surface area contributed by atoms with E-state index in [1.165, 1.54) is 0 Å². The Morgan fingerprint density at radius 1 is 1.02 bits per heavy atom. The van der Waals surface area contributed by atoms with Gasteiger partial charge in [0, 0.05) is 11.3 Å². The molecule has 3 saturated carbocycles. The lowest BCUT2D eigenvalue weighted by Crippen LogP contribution is -2.66. The van der Waals surface area contributed by atoms with Gasteiger partial charge in [-0.1, -0.05) is 52.8 Å². The van der Waals surface area contributed by atoms with E-state index in [-0.39, 0.29) is 28.6 Å². The lowest BCUT2D eigenvalue weighted by molar-refractivity contribution is -0.329. The van der Waals surface area contributed by atoms with Crippen molar-refractivity contribution in [3.63, 3.8) is 0 Å². The number of esters is 1. The Kier molecular flexibility index (Phi) is 8.09. The average Bonchev–Trinajstić information content (AvgIpc) is 3.32. The Hall–Kier alpha value is -1.33. The van der Waals surface area contributed by atoms with Crippen molar-refractivity contribution in [2.24, 2.45) is 45.3 Å². The van der Waals surface area contributed by atoms with E-state index in [1.54, 1.807) is 13.8 Å². The molecule has 45 heavy (non-hydrogen) atoms. The van der Waals surface area contributed by atoms with Crippen molar-refractivity contribution in [3.05, 3.63) is 24.3 Å². The van der Waals surface area contributed by atoms with Gasteiger partial charge in [0.25, 0.3) is 0 Å². The zero-order valence-electron chi connectivity index (χ0n) is 28.1. The fraction of sp³-hybridized carbons (Fsp3) is 0.861. The predicted molar refractivity (Wildman–Crippen MR) is 166 cm³/mol. The Bertz CT molecular complexity index is 1220. The van der Waals surface area contributed by atoms with Crippen LogP contribution in [0.25, 0.3) is 0 Å². The number of hydrogen-bond acceptors (Lipinski definition) is 9. The normalized spacial score (nSPS) is 51.0. The third-order valence-electron chi connectivity index (χ3n) is 14.1. The first kappa shape index (κ1) is 33.6. The summed E-state index contributed by atoms with van der Waals surface area (Å²) in [5.41, 5.74) is -2.99. The van der Waals surface area contributed by atoms with Crippen molar-refractivity contribution in [1.29, 1.82) is 0 Å². The summed E-state index contributed by atoms with van der Waals surface area (Å²) in [5.74, 6) is 0.935. The second-order valence-electron chi connectivity index (χ2n) is 17.0. The summed E-state index contributed by atoms with van der Waals surface area (Å²) in [7, 11) is 0. The number of aliphatic hydroxyl groups is 5. The van der Waals surface area contributed by atoms with Gasteiger partial charge in [-0.3, -0.25) is 4.79 Å².